The molecule has 2 atom stereocenters. The maximum absolute atomic E-state index is 11.6. The summed E-state index contributed by atoms with van der Waals surface area (Å²) < 4.78 is 10.2. The number of hydrogen-bond donors (Lipinski definition) is 1. The van der Waals surface area contributed by atoms with Crippen molar-refractivity contribution in [1.29, 1.82) is 0 Å². The van der Waals surface area contributed by atoms with Crippen molar-refractivity contribution in [3.8, 4) is 0 Å². The average molecular weight is 245 g/mol. The predicted molar refractivity (Wildman–Crippen MR) is 68.7 cm³/mol. The molecule has 0 saturated heterocycles. The quantitative estimate of drug-likeness (QED) is 0.631. The minimum atomic E-state index is -0.148. The maximum Gasteiger partial charge on any atom is 0.306 e. The minimum absolute atomic E-state index is 0.0834. The van der Waals surface area contributed by atoms with Gasteiger partial charge in [0, 0.05) is 26.6 Å². The van der Waals surface area contributed by atoms with Crippen LogP contribution in [0.25, 0.3) is 0 Å². The molecule has 0 aromatic rings. The molecule has 0 aromatic carbocycles. The summed E-state index contributed by atoms with van der Waals surface area (Å²) in [7, 11) is 1.64. The van der Waals surface area contributed by atoms with Gasteiger partial charge in [-0.2, -0.15) is 0 Å². The molecule has 0 rings (SSSR count). The lowest BCUT2D eigenvalue weighted by Crippen LogP contribution is -2.23. The van der Waals surface area contributed by atoms with Gasteiger partial charge in [0.15, 0.2) is 0 Å². The highest BCUT2D eigenvalue weighted by atomic mass is 16.5. The van der Waals surface area contributed by atoms with Crippen LogP contribution in [0.2, 0.25) is 0 Å². The zero-order chi connectivity index (χ0) is 13.3. The molecule has 0 fully saturated rings. The summed E-state index contributed by atoms with van der Waals surface area (Å²) >= 11 is 0. The van der Waals surface area contributed by atoms with Gasteiger partial charge in [-0.25, -0.2) is 0 Å². The van der Waals surface area contributed by atoms with E-state index in [1.54, 1.807) is 7.11 Å². The number of esters is 1. The van der Waals surface area contributed by atoms with Crippen molar-refractivity contribution in [3.05, 3.63) is 0 Å². The Hall–Kier alpha value is -0.610. The van der Waals surface area contributed by atoms with E-state index in [9.17, 15) is 4.79 Å². The Kier molecular flexibility index (Phi) is 9.09. The van der Waals surface area contributed by atoms with Gasteiger partial charge in [0.05, 0.1) is 0 Å². The Labute approximate surface area is 105 Å². The van der Waals surface area contributed by atoms with Crippen LogP contribution in [-0.2, 0) is 14.3 Å². The first kappa shape index (κ1) is 16.4. The van der Waals surface area contributed by atoms with E-state index in [0.717, 1.165) is 12.8 Å². The Morgan fingerprint density at radius 1 is 1.29 bits per heavy atom. The molecule has 17 heavy (non-hydrogen) atoms. The van der Waals surface area contributed by atoms with Gasteiger partial charge in [-0.3, -0.25) is 4.79 Å². The van der Waals surface area contributed by atoms with Gasteiger partial charge in [0.25, 0.3) is 0 Å². The molecule has 0 amide bonds. The number of carbonyl (C=O) groups is 1. The Bertz CT molecular complexity index is 207. The van der Waals surface area contributed by atoms with Crippen molar-refractivity contribution in [1.82, 2.24) is 0 Å². The molecule has 0 aromatic heterocycles. The van der Waals surface area contributed by atoms with Crippen LogP contribution in [0.5, 0.6) is 0 Å². The van der Waals surface area contributed by atoms with E-state index in [1.165, 1.54) is 0 Å². The van der Waals surface area contributed by atoms with Gasteiger partial charge in [0.1, 0.15) is 6.10 Å². The van der Waals surface area contributed by atoms with Gasteiger partial charge in [0.2, 0.25) is 0 Å². The minimum Gasteiger partial charge on any atom is -0.463 e. The van der Waals surface area contributed by atoms with E-state index in [4.69, 9.17) is 15.2 Å². The summed E-state index contributed by atoms with van der Waals surface area (Å²) in [4.78, 5) is 11.6. The lowest BCUT2D eigenvalue weighted by Gasteiger charge is -2.18. The van der Waals surface area contributed by atoms with E-state index in [2.05, 4.69) is 13.8 Å². The molecule has 102 valence electrons. The Morgan fingerprint density at radius 2 is 1.94 bits per heavy atom. The van der Waals surface area contributed by atoms with Crippen molar-refractivity contribution in [2.24, 2.45) is 17.6 Å². The van der Waals surface area contributed by atoms with E-state index < -0.39 is 0 Å². The summed E-state index contributed by atoms with van der Waals surface area (Å²) in [5.74, 6) is 0.643. The standard InChI is InChI=1S/C13H27NO3/c1-10(2)7-12(9-14)8-13(15)17-11(3)5-6-16-4/h10-12H,5-9,14H2,1-4H3/t11?,12-/m0/s1. The first-order valence-corrected chi connectivity index (χ1v) is 6.38. The van der Waals surface area contributed by atoms with Crippen LogP contribution in [0.3, 0.4) is 0 Å². The second-order valence-corrected chi connectivity index (χ2v) is 5.02. The fraction of sp³-hybridized carbons (Fsp3) is 0.923. The average Bonchev–Trinajstić information content (AvgIpc) is 2.24. The van der Waals surface area contributed by atoms with E-state index in [1.807, 2.05) is 6.92 Å². The summed E-state index contributed by atoms with van der Waals surface area (Å²) in [6.07, 6.45) is 2.05. The van der Waals surface area contributed by atoms with E-state index in [0.29, 0.717) is 25.5 Å². The highest BCUT2D eigenvalue weighted by molar-refractivity contribution is 5.69. The molecule has 4 heteroatoms. The van der Waals surface area contributed by atoms with Crippen molar-refractivity contribution in [2.45, 2.75) is 46.1 Å². The molecule has 0 saturated carbocycles. The third-order valence-electron chi connectivity index (χ3n) is 2.65. The summed E-state index contributed by atoms with van der Waals surface area (Å²) in [5.41, 5.74) is 5.65. The number of carbonyl (C=O) groups excluding carboxylic acids is 1. The molecule has 0 aliphatic carbocycles. The van der Waals surface area contributed by atoms with Crippen LogP contribution in [0, 0.1) is 11.8 Å². The van der Waals surface area contributed by atoms with Crippen LogP contribution >= 0.6 is 0 Å². The van der Waals surface area contributed by atoms with Gasteiger partial charge in [-0.05, 0) is 31.7 Å². The molecule has 0 spiro atoms. The normalized spacial score (nSPS) is 14.7. The summed E-state index contributed by atoms with van der Waals surface area (Å²) in [6, 6.07) is 0. The Balaban J connectivity index is 3.89. The predicted octanol–water partition coefficient (Wildman–Crippen LogP) is 1.97. The first-order valence-electron chi connectivity index (χ1n) is 6.38. The number of ether oxygens (including phenoxy) is 2. The van der Waals surface area contributed by atoms with Crippen molar-refractivity contribution in [2.75, 3.05) is 20.3 Å². The summed E-state index contributed by atoms with van der Waals surface area (Å²) in [6.45, 7) is 7.31. The van der Waals surface area contributed by atoms with Gasteiger partial charge in [-0.15, -0.1) is 0 Å². The molecule has 0 heterocycles. The number of methoxy groups -OCH3 is 1. The molecular weight excluding hydrogens is 218 g/mol. The third kappa shape index (κ3) is 9.12. The van der Waals surface area contributed by atoms with Gasteiger partial charge in [-0.1, -0.05) is 13.8 Å². The molecular formula is C13H27NO3. The second-order valence-electron chi connectivity index (χ2n) is 5.02. The molecule has 0 bridgehead atoms. The molecule has 2 N–H and O–H groups in total. The number of hydrogen-bond acceptors (Lipinski definition) is 4. The summed E-state index contributed by atoms with van der Waals surface area (Å²) in [5, 5.41) is 0. The molecule has 1 unspecified atom stereocenters. The largest absolute Gasteiger partial charge is 0.463 e. The fourth-order valence-corrected chi connectivity index (χ4v) is 1.78. The van der Waals surface area contributed by atoms with Crippen LogP contribution in [0.4, 0.5) is 0 Å². The lowest BCUT2D eigenvalue weighted by molar-refractivity contribution is -0.150. The monoisotopic (exact) mass is 245 g/mol. The van der Waals surface area contributed by atoms with Crippen LogP contribution in [0.15, 0.2) is 0 Å². The molecule has 0 aliphatic heterocycles. The van der Waals surface area contributed by atoms with E-state index >= 15 is 0 Å². The van der Waals surface area contributed by atoms with Crippen molar-refractivity contribution >= 4 is 5.97 Å². The molecule has 0 radical (unpaired) electrons. The van der Waals surface area contributed by atoms with Crippen LogP contribution in [0.1, 0.15) is 40.0 Å². The van der Waals surface area contributed by atoms with Crippen LogP contribution < -0.4 is 5.73 Å². The Morgan fingerprint density at radius 3 is 2.41 bits per heavy atom. The zero-order valence-electron chi connectivity index (χ0n) is 11.6. The number of rotatable bonds is 9. The highest BCUT2D eigenvalue weighted by Crippen LogP contribution is 2.15. The van der Waals surface area contributed by atoms with Gasteiger partial charge < -0.3 is 15.2 Å². The SMILES string of the molecule is COCCC(C)OC(=O)C[C@@H](CN)CC(C)C. The fourth-order valence-electron chi connectivity index (χ4n) is 1.78. The van der Waals surface area contributed by atoms with Crippen molar-refractivity contribution < 1.29 is 14.3 Å². The van der Waals surface area contributed by atoms with Crippen LogP contribution in [-0.4, -0.2) is 32.3 Å². The third-order valence-corrected chi connectivity index (χ3v) is 2.65. The highest BCUT2D eigenvalue weighted by Gasteiger charge is 2.16. The van der Waals surface area contributed by atoms with Gasteiger partial charge >= 0.3 is 5.97 Å². The van der Waals surface area contributed by atoms with Crippen molar-refractivity contribution in [3.63, 3.8) is 0 Å². The first-order chi connectivity index (χ1) is 7.99. The second kappa shape index (κ2) is 9.42. The lowest BCUT2D eigenvalue weighted by atomic mass is 9.94. The van der Waals surface area contributed by atoms with E-state index in [-0.39, 0.29) is 18.0 Å². The maximum atomic E-state index is 11.6. The molecule has 4 nitrogen and oxygen atoms in total. The zero-order valence-corrected chi connectivity index (χ0v) is 11.6. The number of nitrogens with two attached hydrogens (primary N) is 1. The molecule has 0 aliphatic rings. The smallest absolute Gasteiger partial charge is 0.306 e. The topological polar surface area (TPSA) is 61.5 Å².